The third kappa shape index (κ3) is 4.99. The third-order valence-electron chi connectivity index (χ3n) is 8.26. The van der Waals surface area contributed by atoms with Crippen molar-refractivity contribution >= 4 is 16.9 Å². The monoisotopic (exact) mass is 514 g/mol. The van der Waals surface area contributed by atoms with Gasteiger partial charge in [-0.2, -0.15) is 0 Å². The van der Waals surface area contributed by atoms with Crippen LogP contribution in [0.3, 0.4) is 0 Å². The molecule has 4 heterocycles. The quantitative estimate of drug-likeness (QED) is 0.314. The van der Waals surface area contributed by atoms with Crippen molar-refractivity contribution in [2.45, 2.75) is 51.5 Å². The normalized spacial score (nSPS) is 17.2. The highest BCUT2D eigenvalue weighted by Crippen LogP contribution is 2.33. The molecule has 2 aromatic heterocycles. The van der Waals surface area contributed by atoms with E-state index in [1.165, 1.54) is 23.4 Å². The number of nitrogens with zero attached hydrogens (tertiary/aromatic N) is 4. The molecule has 7 heteroatoms. The molecule has 6 nitrogen and oxygen atoms in total. The minimum absolute atomic E-state index is 0.190. The Labute approximate surface area is 223 Å². The molecule has 0 atom stereocenters. The van der Waals surface area contributed by atoms with Crippen LogP contribution in [0.5, 0.6) is 0 Å². The number of aryl methyl sites for hydroxylation is 1. The van der Waals surface area contributed by atoms with Gasteiger partial charge < -0.3 is 18.9 Å². The van der Waals surface area contributed by atoms with Crippen molar-refractivity contribution in [3.05, 3.63) is 88.6 Å². The van der Waals surface area contributed by atoms with Gasteiger partial charge in [-0.25, -0.2) is 4.39 Å². The fraction of sp³-hybridized carbons (Fsp3) is 0.419. The van der Waals surface area contributed by atoms with Crippen LogP contribution in [0.15, 0.2) is 59.3 Å². The van der Waals surface area contributed by atoms with Crippen LogP contribution in [0.25, 0.3) is 11.0 Å². The summed E-state index contributed by atoms with van der Waals surface area (Å²) in [5.41, 5.74) is 5.92. The molecule has 1 saturated heterocycles. The van der Waals surface area contributed by atoms with Crippen molar-refractivity contribution in [3.63, 3.8) is 0 Å². The lowest BCUT2D eigenvalue weighted by molar-refractivity contribution is 0.0750. The van der Waals surface area contributed by atoms with Gasteiger partial charge in [0.1, 0.15) is 5.82 Å². The Morgan fingerprint density at radius 3 is 2.68 bits per heavy atom. The van der Waals surface area contributed by atoms with E-state index in [9.17, 15) is 9.18 Å². The topological polar surface area (TPSA) is 54.5 Å². The number of carbonyl (C=O) groups is 1. The summed E-state index contributed by atoms with van der Waals surface area (Å²) >= 11 is 0. The van der Waals surface area contributed by atoms with Crippen LogP contribution >= 0.6 is 0 Å². The minimum Gasteiger partial charge on any atom is -0.356 e. The summed E-state index contributed by atoms with van der Waals surface area (Å²) in [5.74, 6) is 0.232. The summed E-state index contributed by atoms with van der Waals surface area (Å²) in [6.07, 6.45) is 7.09. The predicted octanol–water partition coefficient (Wildman–Crippen LogP) is 5.78. The maximum atomic E-state index is 13.6. The van der Waals surface area contributed by atoms with Gasteiger partial charge in [0.2, 0.25) is 0 Å². The highest BCUT2D eigenvalue weighted by molar-refractivity contribution is 5.97. The number of hydrogen-bond acceptors (Lipinski definition) is 4. The summed E-state index contributed by atoms with van der Waals surface area (Å²) in [6, 6.07) is 15.1. The first-order valence-electron chi connectivity index (χ1n) is 13.9. The Hall–Kier alpha value is -3.45. The van der Waals surface area contributed by atoms with Gasteiger partial charge in [-0.15, -0.1) is 0 Å². The number of fused-ring (bicyclic) bond motifs is 2. The lowest BCUT2D eigenvalue weighted by Crippen LogP contribution is -2.37. The number of hydrogen-bond donors (Lipinski definition) is 0. The van der Waals surface area contributed by atoms with E-state index in [1.807, 2.05) is 6.07 Å². The van der Waals surface area contributed by atoms with Gasteiger partial charge in [-0.05, 0) is 81.9 Å². The number of rotatable bonds is 7. The molecule has 6 rings (SSSR count). The zero-order valence-corrected chi connectivity index (χ0v) is 22.0. The van der Waals surface area contributed by atoms with E-state index in [2.05, 4.69) is 56.9 Å². The number of carbonyl (C=O) groups excluding carboxylic acids is 1. The molecule has 2 aromatic carbocycles. The molecular formula is C31H35FN4O2. The molecule has 0 saturated carbocycles. The minimum atomic E-state index is -0.297. The number of piperidine rings is 1. The van der Waals surface area contributed by atoms with Crippen LogP contribution in [-0.4, -0.2) is 58.2 Å². The molecular weight excluding hydrogens is 479 g/mol. The standard InChI is InChI=1S/C31H35FN4O2/c1-22-20-36(21-23-7-3-2-4-8-23)27-9-5-15-35(31(37)29(22)27)16-6-14-34-17-12-24(13-18-34)30-26-11-10-25(32)19-28(26)38-33-30/h2-4,7-8,10-11,19-20,24H,5-6,9,12-18,21H2,1H3. The van der Waals surface area contributed by atoms with Crippen LogP contribution in [0.2, 0.25) is 0 Å². The van der Waals surface area contributed by atoms with Gasteiger partial charge in [-0.1, -0.05) is 35.5 Å². The van der Waals surface area contributed by atoms with E-state index >= 15 is 0 Å². The van der Waals surface area contributed by atoms with Gasteiger partial charge >= 0.3 is 0 Å². The van der Waals surface area contributed by atoms with Crippen LogP contribution < -0.4 is 0 Å². The summed E-state index contributed by atoms with van der Waals surface area (Å²) in [6.45, 7) is 7.48. The number of benzene rings is 2. The van der Waals surface area contributed by atoms with Crippen molar-refractivity contribution in [3.8, 4) is 0 Å². The molecule has 1 fully saturated rings. The second-order valence-electron chi connectivity index (χ2n) is 10.8. The van der Waals surface area contributed by atoms with Crippen molar-refractivity contribution in [2.24, 2.45) is 0 Å². The van der Waals surface area contributed by atoms with Crippen LogP contribution in [-0.2, 0) is 13.0 Å². The first-order chi connectivity index (χ1) is 18.6. The van der Waals surface area contributed by atoms with Gasteiger partial charge in [-0.3, -0.25) is 4.79 Å². The molecule has 38 heavy (non-hydrogen) atoms. The van der Waals surface area contributed by atoms with E-state index in [1.54, 1.807) is 6.07 Å². The van der Waals surface area contributed by atoms with Crippen LogP contribution in [0.1, 0.15) is 64.5 Å². The second kappa shape index (κ2) is 10.7. The average Bonchev–Trinajstić information content (AvgIpc) is 3.42. The highest BCUT2D eigenvalue weighted by atomic mass is 19.1. The first-order valence-corrected chi connectivity index (χ1v) is 13.9. The van der Waals surface area contributed by atoms with Gasteiger partial charge in [0.05, 0.1) is 11.3 Å². The Morgan fingerprint density at radius 2 is 1.87 bits per heavy atom. The number of amides is 1. The predicted molar refractivity (Wildman–Crippen MR) is 146 cm³/mol. The van der Waals surface area contributed by atoms with E-state index in [0.717, 1.165) is 93.6 Å². The van der Waals surface area contributed by atoms with Crippen molar-refractivity contribution in [1.82, 2.24) is 19.5 Å². The maximum absolute atomic E-state index is 13.6. The smallest absolute Gasteiger partial charge is 0.255 e. The summed E-state index contributed by atoms with van der Waals surface area (Å²) in [5, 5.41) is 5.20. The maximum Gasteiger partial charge on any atom is 0.255 e. The lowest BCUT2D eigenvalue weighted by atomic mass is 9.91. The first kappa shape index (κ1) is 24.9. The zero-order chi connectivity index (χ0) is 26.1. The number of aromatic nitrogens is 2. The van der Waals surface area contributed by atoms with Crippen molar-refractivity contribution < 1.29 is 13.7 Å². The van der Waals surface area contributed by atoms with Gasteiger partial charge in [0.25, 0.3) is 5.91 Å². The van der Waals surface area contributed by atoms with E-state index in [4.69, 9.17) is 4.52 Å². The van der Waals surface area contributed by atoms with Crippen molar-refractivity contribution in [2.75, 3.05) is 32.7 Å². The second-order valence-corrected chi connectivity index (χ2v) is 10.8. The Morgan fingerprint density at radius 1 is 1.05 bits per heavy atom. The van der Waals surface area contributed by atoms with Gasteiger partial charge in [0, 0.05) is 48.9 Å². The zero-order valence-electron chi connectivity index (χ0n) is 22.0. The van der Waals surface area contributed by atoms with Gasteiger partial charge in [0.15, 0.2) is 5.58 Å². The molecule has 1 amide bonds. The van der Waals surface area contributed by atoms with Crippen molar-refractivity contribution in [1.29, 1.82) is 0 Å². The molecule has 2 aliphatic heterocycles. The molecule has 198 valence electrons. The fourth-order valence-electron chi connectivity index (χ4n) is 6.28. The number of likely N-dealkylation sites (tertiary alicyclic amines) is 1. The summed E-state index contributed by atoms with van der Waals surface area (Å²) in [4.78, 5) is 18.1. The Bertz CT molecular complexity index is 1420. The number of halogens is 1. The van der Waals surface area contributed by atoms with Crippen LogP contribution in [0, 0.1) is 12.7 Å². The molecule has 2 aliphatic rings. The largest absolute Gasteiger partial charge is 0.356 e. The van der Waals surface area contributed by atoms with E-state index in [-0.39, 0.29) is 11.7 Å². The van der Waals surface area contributed by atoms with E-state index < -0.39 is 0 Å². The SMILES string of the molecule is Cc1cn(Cc2ccccc2)c2c1C(=O)N(CCCN1CCC(c3noc4cc(F)ccc34)CC1)CCC2. The average molecular weight is 515 g/mol. The summed E-state index contributed by atoms with van der Waals surface area (Å²) < 4.78 is 21.2. The lowest BCUT2D eigenvalue weighted by Gasteiger charge is -2.31. The molecule has 0 unspecified atom stereocenters. The fourth-order valence-corrected chi connectivity index (χ4v) is 6.28. The highest BCUT2D eigenvalue weighted by Gasteiger charge is 2.28. The Balaban J connectivity index is 1.03. The third-order valence-corrected chi connectivity index (χ3v) is 8.26. The molecule has 0 aliphatic carbocycles. The molecule has 0 N–H and O–H groups in total. The molecule has 0 spiro atoms. The Kier molecular flexibility index (Phi) is 7.02. The summed E-state index contributed by atoms with van der Waals surface area (Å²) in [7, 11) is 0. The molecule has 4 aromatic rings. The van der Waals surface area contributed by atoms with Crippen LogP contribution in [0.4, 0.5) is 4.39 Å². The molecule has 0 bridgehead atoms. The molecule has 0 radical (unpaired) electrons. The van der Waals surface area contributed by atoms with E-state index in [0.29, 0.717) is 11.5 Å².